The van der Waals surface area contributed by atoms with E-state index in [1.54, 1.807) is 13.1 Å². The molecule has 0 unspecified atom stereocenters. The van der Waals surface area contributed by atoms with Crippen molar-refractivity contribution in [2.24, 2.45) is 7.05 Å². The van der Waals surface area contributed by atoms with Crippen LogP contribution in [0.3, 0.4) is 0 Å². The molecule has 0 radical (unpaired) electrons. The molecule has 1 aromatic heterocycles. The van der Waals surface area contributed by atoms with Crippen molar-refractivity contribution in [1.82, 2.24) is 19.8 Å². The van der Waals surface area contributed by atoms with Crippen LogP contribution in [0.4, 0.5) is 0 Å². The SMILES string of the molecule is Cc1ccc(Cl)cc1OCc1c(C(C)C)cccc1-n1nnn(C)c1=O. The Balaban J connectivity index is 2.05. The van der Waals surface area contributed by atoms with Crippen LogP contribution < -0.4 is 10.4 Å². The molecular weight excluding hydrogens is 352 g/mol. The lowest BCUT2D eigenvalue weighted by Crippen LogP contribution is -2.23. The van der Waals surface area contributed by atoms with Gasteiger partial charge in [0.2, 0.25) is 0 Å². The maximum atomic E-state index is 12.3. The Morgan fingerprint density at radius 3 is 2.62 bits per heavy atom. The van der Waals surface area contributed by atoms with Crippen LogP contribution >= 0.6 is 11.6 Å². The number of hydrogen-bond acceptors (Lipinski definition) is 4. The van der Waals surface area contributed by atoms with E-state index in [9.17, 15) is 4.79 Å². The molecule has 0 saturated heterocycles. The first kappa shape index (κ1) is 18.2. The van der Waals surface area contributed by atoms with Crippen LogP contribution in [-0.4, -0.2) is 19.8 Å². The summed E-state index contributed by atoms with van der Waals surface area (Å²) in [5.74, 6) is 0.981. The third kappa shape index (κ3) is 3.51. The highest BCUT2D eigenvalue weighted by molar-refractivity contribution is 6.30. The summed E-state index contributed by atoms with van der Waals surface area (Å²) in [6, 6.07) is 11.4. The highest BCUT2D eigenvalue weighted by Crippen LogP contribution is 2.28. The second-order valence-electron chi connectivity index (χ2n) is 6.49. The quantitative estimate of drug-likeness (QED) is 0.686. The molecule has 0 aliphatic rings. The van der Waals surface area contributed by atoms with Crippen LogP contribution in [0.25, 0.3) is 5.69 Å². The number of halogens is 1. The molecule has 0 atom stereocenters. The Morgan fingerprint density at radius 2 is 1.96 bits per heavy atom. The molecule has 26 heavy (non-hydrogen) atoms. The minimum Gasteiger partial charge on any atom is -0.488 e. The summed E-state index contributed by atoms with van der Waals surface area (Å²) < 4.78 is 8.55. The maximum absolute atomic E-state index is 12.3. The summed E-state index contributed by atoms with van der Waals surface area (Å²) in [5.41, 5.74) is 3.37. The van der Waals surface area contributed by atoms with Crippen molar-refractivity contribution in [3.05, 3.63) is 68.6 Å². The van der Waals surface area contributed by atoms with Gasteiger partial charge in [-0.05, 0) is 52.6 Å². The molecule has 0 amide bonds. The van der Waals surface area contributed by atoms with Gasteiger partial charge >= 0.3 is 5.69 Å². The zero-order valence-corrected chi connectivity index (χ0v) is 16.0. The molecule has 1 heterocycles. The van der Waals surface area contributed by atoms with E-state index in [0.717, 1.165) is 16.7 Å². The molecule has 0 saturated carbocycles. The lowest BCUT2D eigenvalue weighted by atomic mass is 9.96. The smallest absolute Gasteiger partial charge is 0.368 e. The first-order valence-corrected chi connectivity index (χ1v) is 8.76. The van der Waals surface area contributed by atoms with Gasteiger partial charge in [0.25, 0.3) is 0 Å². The van der Waals surface area contributed by atoms with Crippen LogP contribution in [0, 0.1) is 6.92 Å². The first-order valence-electron chi connectivity index (χ1n) is 8.38. The normalized spacial score (nSPS) is 11.2. The van der Waals surface area contributed by atoms with E-state index >= 15 is 0 Å². The van der Waals surface area contributed by atoms with Crippen molar-refractivity contribution in [2.75, 3.05) is 0 Å². The van der Waals surface area contributed by atoms with Crippen molar-refractivity contribution < 1.29 is 4.74 Å². The van der Waals surface area contributed by atoms with Gasteiger partial charge in [0, 0.05) is 17.6 Å². The molecule has 136 valence electrons. The van der Waals surface area contributed by atoms with Gasteiger partial charge in [-0.25, -0.2) is 4.79 Å². The number of ether oxygens (including phenoxy) is 1. The number of aryl methyl sites for hydroxylation is 2. The van der Waals surface area contributed by atoms with Gasteiger partial charge in [0.15, 0.2) is 0 Å². The molecule has 0 spiro atoms. The largest absolute Gasteiger partial charge is 0.488 e. The lowest BCUT2D eigenvalue weighted by molar-refractivity contribution is 0.301. The molecule has 0 fully saturated rings. The molecular formula is C19H21ClN4O2. The van der Waals surface area contributed by atoms with Crippen molar-refractivity contribution in [1.29, 1.82) is 0 Å². The van der Waals surface area contributed by atoms with Gasteiger partial charge in [-0.15, -0.1) is 0 Å². The fourth-order valence-corrected chi connectivity index (χ4v) is 2.99. The Labute approximate surface area is 157 Å². The summed E-state index contributed by atoms with van der Waals surface area (Å²) in [6.07, 6.45) is 0. The van der Waals surface area contributed by atoms with Crippen LogP contribution in [-0.2, 0) is 13.7 Å². The molecule has 0 aliphatic heterocycles. The third-order valence-electron chi connectivity index (χ3n) is 4.28. The van der Waals surface area contributed by atoms with E-state index in [4.69, 9.17) is 16.3 Å². The molecule has 7 heteroatoms. The standard InChI is InChI=1S/C19H21ClN4O2/c1-12(2)15-6-5-7-17(24-19(25)23(4)21-22-24)16(15)11-26-18-10-14(20)9-8-13(18)3/h5-10,12H,11H2,1-4H3. The number of rotatable bonds is 5. The van der Waals surface area contributed by atoms with Crippen molar-refractivity contribution >= 4 is 11.6 Å². The summed E-state index contributed by atoms with van der Waals surface area (Å²) in [4.78, 5) is 12.3. The maximum Gasteiger partial charge on any atom is 0.368 e. The number of benzene rings is 2. The molecule has 6 nitrogen and oxygen atoms in total. The molecule has 0 bridgehead atoms. The highest BCUT2D eigenvalue weighted by Gasteiger charge is 2.17. The van der Waals surface area contributed by atoms with Gasteiger partial charge in [0.1, 0.15) is 12.4 Å². The summed E-state index contributed by atoms with van der Waals surface area (Å²) in [7, 11) is 1.57. The Bertz CT molecular complexity index is 991. The second-order valence-corrected chi connectivity index (χ2v) is 6.93. The van der Waals surface area contributed by atoms with Crippen molar-refractivity contribution in [3.63, 3.8) is 0 Å². The number of aromatic nitrogens is 4. The zero-order valence-electron chi connectivity index (χ0n) is 15.2. The predicted octanol–water partition coefficient (Wildman–Crippen LogP) is 3.63. The monoisotopic (exact) mass is 372 g/mol. The van der Waals surface area contributed by atoms with Gasteiger partial charge in [-0.3, -0.25) is 0 Å². The lowest BCUT2D eigenvalue weighted by Gasteiger charge is -2.18. The van der Waals surface area contributed by atoms with E-state index in [1.807, 2.05) is 37.3 Å². The Kier molecular flexibility index (Phi) is 5.13. The van der Waals surface area contributed by atoms with E-state index in [2.05, 4.69) is 24.3 Å². The van der Waals surface area contributed by atoms with Crippen LogP contribution in [0.5, 0.6) is 5.75 Å². The van der Waals surface area contributed by atoms with E-state index in [1.165, 1.54) is 9.36 Å². The summed E-state index contributed by atoms with van der Waals surface area (Å²) in [5, 5.41) is 8.40. The summed E-state index contributed by atoms with van der Waals surface area (Å²) in [6.45, 7) is 6.47. The van der Waals surface area contributed by atoms with Crippen LogP contribution in [0.2, 0.25) is 5.02 Å². The second kappa shape index (κ2) is 7.33. The Morgan fingerprint density at radius 1 is 1.19 bits per heavy atom. The van der Waals surface area contributed by atoms with E-state index in [0.29, 0.717) is 23.1 Å². The molecule has 0 aliphatic carbocycles. The third-order valence-corrected chi connectivity index (χ3v) is 4.52. The topological polar surface area (TPSA) is 61.9 Å². The van der Waals surface area contributed by atoms with Gasteiger partial charge in [-0.1, -0.05) is 43.6 Å². The Hall–Kier alpha value is -2.60. The molecule has 3 aromatic rings. The number of tetrazole rings is 1. The molecule has 2 aromatic carbocycles. The average Bonchev–Trinajstić information content (AvgIpc) is 2.94. The van der Waals surface area contributed by atoms with Crippen LogP contribution in [0.1, 0.15) is 36.5 Å². The fourth-order valence-electron chi connectivity index (χ4n) is 2.83. The van der Waals surface area contributed by atoms with E-state index in [-0.39, 0.29) is 11.6 Å². The minimum absolute atomic E-state index is 0.265. The summed E-state index contributed by atoms with van der Waals surface area (Å²) >= 11 is 6.08. The highest BCUT2D eigenvalue weighted by atomic mass is 35.5. The fraction of sp³-hybridized carbons (Fsp3) is 0.316. The van der Waals surface area contributed by atoms with Crippen LogP contribution in [0.15, 0.2) is 41.2 Å². The van der Waals surface area contributed by atoms with Gasteiger partial charge in [-0.2, -0.15) is 9.36 Å². The van der Waals surface area contributed by atoms with Gasteiger partial charge in [0.05, 0.1) is 5.69 Å². The minimum atomic E-state index is -0.300. The average molecular weight is 373 g/mol. The molecule has 0 N–H and O–H groups in total. The van der Waals surface area contributed by atoms with Crippen molar-refractivity contribution in [2.45, 2.75) is 33.3 Å². The van der Waals surface area contributed by atoms with Crippen molar-refractivity contribution in [3.8, 4) is 11.4 Å². The number of hydrogen-bond donors (Lipinski definition) is 0. The number of nitrogens with zero attached hydrogens (tertiary/aromatic N) is 4. The van der Waals surface area contributed by atoms with Gasteiger partial charge < -0.3 is 4.74 Å². The van der Waals surface area contributed by atoms with E-state index < -0.39 is 0 Å². The predicted molar refractivity (Wildman–Crippen MR) is 101 cm³/mol. The first-order chi connectivity index (χ1) is 12.4. The molecule has 3 rings (SSSR count). The zero-order chi connectivity index (χ0) is 18.8.